The Bertz CT molecular complexity index is 852. The molecule has 2 aromatic carbocycles. The molecule has 0 heterocycles. The van der Waals surface area contributed by atoms with Gasteiger partial charge < -0.3 is 19.7 Å². The first-order valence-corrected chi connectivity index (χ1v) is 10.7. The SMILES string of the molecule is COc1ccc(CCC(=O)N(Cc2ccccc2)C(C)C(=O)NCC(C)C)cc1OC. The number of amides is 2. The summed E-state index contributed by atoms with van der Waals surface area (Å²) in [6.45, 7) is 6.85. The Labute approximate surface area is 185 Å². The number of nitrogens with zero attached hydrogens (tertiary/aromatic N) is 1. The average Bonchev–Trinajstić information content (AvgIpc) is 2.79. The lowest BCUT2D eigenvalue weighted by atomic mass is 10.1. The predicted octanol–water partition coefficient (Wildman–Crippen LogP) is 3.83. The molecular formula is C25H34N2O4. The summed E-state index contributed by atoms with van der Waals surface area (Å²) < 4.78 is 10.6. The quantitative estimate of drug-likeness (QED) is 0.593. The third-order valence-corrected chi connectivity index (χ3v) is 5.12. The van der Waals surface area contributed by atoms with Gasteiger partial charge in [0.25, 0.3) is 0 Å². The van der Waals surface area contributed by atoms with E-state index in [1.165, 1.54) is 0 Å². The molecule has 1 N–H and O–H groups in total. The fourth-order valence-corrected chi connectivity index (χ4v) is 3.25. The maximum Gasteiger partial charge on any atom is 0.242 e. The molecule has 0 aromatic heterocycles. The fourth-order valence-electron chi connectivity index (χ4n) is 3.25. The number of benzene rings is 2. The predicted molar refractivity (Wildman–Crippen MR) is 122 cm³/mol. The van der Waals surface area contributed by atoms with E-state index in [1.54, 1.807) is 26.0 Å². The molecular weight excluding hydrogens is 392 g/mol. The molecule has 2 rings (SSSR count). The van der Waals surface area contributed by atoms with E-state index in [1.807, 2.05) is 62.4 Å². The van der Waals surface area contributed by atoms with Gasteiger partial charge in [0.1, 0.15) is 6.04 Å². The summed E-state index contributed by atoms with van der Waals surface area (Å²) >= 11 is 0. The van der Waals surface area contributed by atoms with Crippen LogP contribution < -0.4 is 14.8 Å². The minimum Gasteiger partial charge on any atom is -0.493 e. The highest BCUT2D eigenvalue weighted by Crippen LogP contribution is 2.28. The van der Waals surface area contributed by atoms with Gasteiger partial charge in [0.05, 0.1) is 14.2 Å². The molecule has 6 nitrogen and oxygen atoms in total. The van der Waals surface area contributed by atoms with Crippen molar-refractivity contribution < 1.29 is 19.1 Å². The van der Waals surface area contributed by atoms with Gasteiger partial charge in [-0.15, -0.1) is 0 Å². The van der Waals surface area contributed by atoms with E-state index in [-0.39, 0.29) is 11.8 Å². The van der Waals surface area contributed by atoms with E-state index >= 15 is 0 Å². The molecule has 1 atom stereocenters. The van der Waals surface area contributed by atoms with Crippen LogP contribution in [0.3, 0.4) is 0 Å². The van der Waals surface area contributed by atoms with Gasteiger partial charge in [0.15, 0.2) is 11.5 Å². The van der Waals surface area contributed by atoms with E-state index in [4.69, 9.17) is 9.47 Å². The molecule has 0 aliphatic heterocycles. The number of nitrogens with one attached hydrogen (secondary N) is 1. The van der Waals surface area contributed by atoms with Gasteiger partial charge in [0, 0.05) is 19.5 Å². The number of methoxy groups -OCH3 is 2. The van der Waals surface area contributed by atoms with Crippen molar-refractivity contribution in [1.29, 1.82) is 0 Å². The summed E-state index contributed by atoms with van der Waals surface area (Å²) in [7, 11) is 3.18. The molecule has 0 saturated carbocycles. The Hall–Kier alpha value is -3.02. The van der Waals surface area contributed by atoms with Gasteiger partial charge in [0.2, 0.25) is 11.8 Å². The number of hydrogen-bond donors (Lipinski definition) is 1. The zero-order valence-corrected chi connectivity index (χ0v) is 19.2. The Morgan fingerprint density at radius 1 is 0.935 bits per heavy atom. The number of rotatable bonds is 11. The largest absolute Gasteiger partial charge is 0.493 e. The topological polar surface area (TPSA) is 67.9 Å². The van der Waals surface area contributed by atoms with Crippen LogP contribution in [0.4, 0.5) is 0 Å². The molecule has 0 spiro atoms. The fraction of sp³-hybridized carbons (Fsp3) is 0.440. The van der Waals surface area contributed by atoms with Crippen LogP contribution in [0.1, 0.15) is 38.3 Å². The number of ether oxygens (including phenoxy) is 2. The highest BCUT2D eigenvalue weighted by molar-refractivity contribution is 5.87. The summed E-state index contributed by atoms with van der Waals surface area (Å²) in [5.74, 6) is 1.43. The van der Waals surface area contributed by atoms with Crippen molar-refractivity contribution >= 4 is 11.8 Å². The van der Waals surface area contributed by atoms with E-state index in [9.17, 15) is 9.59 Å². The first kappa shape index (κ1) is 24.3. The van der Waals surface area contributed by atoms with Crippen LogP contribution in [0.5, 0.6) is 11.5 Å². The van der Waals surface area contributed by atoms with Crippen LogP contribution in [-0.2, 0) is 22.6 Å². The average molecular weight is 427 g/mol. The van der Waals surface area contributed by atoms with Crippen LogP contribution in [-0.4, -0.2) is 43.5 Å². The van der Waals surface area contributed by atoms with Crippen LogP contribution in [0.2, 0.25) is 0 Å². The highest BCUT2D eigenvalue weighted by atomic mass is 16.5. The molecule has 2 aromatic rings. The van der Waals surface area contributed by atoms with Gasteiger partial charge in [-0.25, -0.2) is 0 Å². The number of carbonyl (C=O) groups excluding carboxylic acids is 2. The van der Waals surface area contributed by atoms with Crippen LogP contribution in [0.15, 0.2) is 48.5 Å². The third-order valence-electron chi connectivity index (χ3n) is 5.12. The molecule has 2 amide bonds. The molecule has 0 bridgehead atoms. The number of carbonyl (C=O) groups is 2. The Kier molecular flexibility index (Phi) is 9.38. The summed E-state index contributed by atoms with van der Waals surface area (Å²) in [4.78, 5) is 27.5. The van der Waals surface area contributed by atoms with E-state index < -0.39 is 6.04 Å². The monoisotopic (exact) mass is 426 g/mol. The maximum atomic E-state index is 13.2. The summed E-state index contributed by atoms with van der Waals surface area (Å²) in [6.07, 6.45) is 0.842. The number of hydrogen-bond acceptors (Lipinski definition) is 4. The lowest BCUT2D eigenvalue weighted by molar-refractivity contribution is -0.140. The molecule has 1 unspecified atom stereocenters. The molecule has 0 fully saturated rings. The minimum atomic E-state index is -0.558. The van der Waals surface area contributed by atoms with E-state index in [0.29, 0.717) is 43.3 Å². The molecule has 0 radical (unpaired) electrons. The van der Waals surface area contributed by atoms with Crippen molar-refractivity contribution in [1.82, 2.24) is 10.2 Å². The zero-order valence-electron chi connectivity index (χ0n) is 19.2. The molecule has 6 heteroatoms. The zero-order chi connectivity index (χ0) is 22.8. The first-order valence-electron chi connectivity index (χ1n) is 10.7. The maximum absolute atomic E-state index is 13.2. The van der Waals surface area contributed by atoms with Crippen molar-refractivity contribution in [3.63, 3.8) is 0 Å². The van der Waals surface area contributed by atoms with Crippen LogP contribution in [0.25, 0.3) is 0 Å². The Morgan fingerprint density at radius 3 is 2.23 bits per heavy atom. The molecule has 0 aliphatic rings. The van der Waals surface area contributed by atoms with Crippen LogP contribution in [0, 0.1) is 5.92 Å². The molecule has 31 heavy (non-hydrogen) atoms. The summed E-state index contributed by atoms with van der Waals surface area (Å²) in [5, 5.41) is 2.94. The molecule has 0 aliphatic carbocycles. The van der Waals surface area contributed by atoms with E-state index in [0.717, 1.165) is 11.1 Å². The minimum absolute atomic E-state index is 0.0640. The third kappa shape index (κ3) is 7.31. The normalized spacial score (nSPS) is 11.7. The molecule has 0 saturated heterocycles. The van der Waals surface area contributed by atoms with Crippen molar-refractivity contribution in [3.8, 4) is 11.5 Å². The standard InChI is InChI=1S/C25H34N2O4/c1-18(2)16-26-25(29)19(3)27(17-21-9-7-6-8-10-21)24(28)14-12-20-11-13-22(30-4)23(15-20)31-5/h6-11,13,15,18-19H,12,14,16-17H2,1-5H3,(H,26,29). The Morgan fingerprint density at radius 2 is 1.61 bits per heavy atom. The van der Waals surface area contributed by atoms with Gasteiger partial charge >= 0.3 is 0 Å². The van der Waals surface area contributed by atoms with Crippen molar-refractivity contribution in [2.75, 3.05) is 20.8 Å². The van der Waals surface area contributed by atoms with Crippen LogP contribution >= 0.6 is 0 Å². The lowest BCUT2D eigenvalue weighted by Crippen LogP contribution is -2.48. The van der Waals surface area contributed by atoms with Gasteiger partial charge in [-0.2, -0.15) is 0 Å². The second-order valence-corrected chi connectivity index (χ2v) is 8.01. The van der Waals surface area contributed by atoms with Gasteiger partial charge in [-0.3, -0.25) is 9.59 Å². The smallest absolute Gasteiger partial charge is 0.242 e. The molecule has 168 valence electrons. The van der Waals surface area contributed by atoms with Crippen molar-refractivity contribution in [2.24, 2.45) is 5.92 Å². The lowest BCUT2D eigenvalue weighted by Gasteiger charge is -2.29. The highest BCUT2D eigenvalue weighted by Gasteiger charge is 2.26. The second kappa shape index (κ2) is 12.0. The Balaban J connectivity index is 2.12. The van der Waals surface area contributed by atoms with E-state index in [2.05, 4.69) is 5.32 Å². The summed E-state index contributed by atoms with van der Waals surface area (Å²) in [5.41, 5.74) is 1.97. The van der Waals surface area contributed by atoms with Crippen molar-refractivity contribution in [3.05, 3.63) is 59.7 Å². The second-order valence-electron chi connectivity index (χ2n) is 8.01. The summed E-state index contributed by atoms with van der Waals surface area (Å²) in [6, 6.07) is 14.8. The van der Waals surface area contributed by atoms with Gasteiger partial charge in [-0.05, 0) is 42.5 Å². The first-order chi connectivity index (χ1) is 14.8. The van der Waals surface area contributed by atoms with Gasteiger partial charge in [-0.1, -0.05) is 50.2 Å². The number of aryl methyl sites for hydroxylation is 1. The van der Waals surface area contributed by atoms with Crippen molar-refractivity contribution in [2.45, 2.75) is 46.2 Å².